The van der Waals surface area contributed by atoms with Crippen LogP contribution < -0.4 is 5.43 Å². The third kappa shape index (κ3) is 1.37. The summed E-state index contributed by atoms with van der Waals surface area (Å²) in [6.45, 7) is 2.25. The van der Waals surface area contributed by atoms with Crippen molar-refractivity contribution < 1.29 is 0 Å². The molecular weight excluding hydrogens is 198 g/mol. The van der Waals surface area contributed by atoms with E-state index in [0.29, 0.717) is 5.92 Å². The molecule has 82 valence electrons. The minimum Gasteiger partial charge on any atom is -0.358 e. The molecule has 1 aromatic carbocycles. The lowest BCUT2D eigenvalue weighted by molar-refractivity contribution is 0.492. The van der Waals surface area contributed by atoms with Gasteiger partial charge in [-0.15, -0.1) is 0 Å². The molecule has 0 radical (unpaired) electrons. The maximum Gasteiger partial charge on any atom is 0.192 e. The van der Waals surface area contributed by atoms with Crippen LogP contribution in [0, 0.1) is 5.92 Å². The molecule has 16 heavy (non-hydrogen) atoms. The third-order valence-electron chi connectivity index (χ3n) is 3.54. The Morgan fingerprint density at radius 1 is 1.31 bits per heavy atom. The number of hydrogen-bond donors (Lipinski definition) is 1. The first-order valence-electron chi connectivity index (χ1n) is 5.88. The van der Waals surface area contributed by atoms with Crippen molar-refractivity contribution >= 4 is 10.9 Å². The Bertz CT molecular complexity index is 597. The number of aromatic nitrogens is 1. The van der Waals surface area contributed by atoms with Crippen LogP contribution in [-0.4, -0.2) is 4.98 Å². The maximum atomic E-state index is 12.3. The number of pyridine rings is 1. The van der Waals surface area contributed by atoms with Crippen LogP contribution in [0.2, 0.25) is 0 Å². The Kier molecular flexibility index (Phi) is 2.10. The van der Waals surface area contributed by atoms with Gasteiger partial charge in [-0.2, -0.15) is 0 Å². The van der Waals surface area contributed by atoms with Gasteiger partial charge < -0.3 is 4.98 Å². The summed E-state index contributed by atoms with van der Waals surface area (Å²) in [5.41, 5.74) is 3.37. The molecule has 1 aromatic heterocycles. The summed E-state index contributed by atoms with van der Waals surface area (Å²) in [4.78, 5) is 15.7. The van der Waals surface area contributed by atoms with Gasteiger partial charge in [0, 0.05) is 22.2 Å². The van der Waals surface area contributed by atoms with Crippen LogP contribution in [0.5, 0.6) is 0 Å². The summed E-state index contributed by atoms with van der Waals surface area (Å²) in [5, 5.41) is 0.829. The lowest BCUT2D eigenvalue weighted by Crippen LogP contribution is -2.22. The monoisotopic (exact) mass is 213 g/mol. The number of H-pyrrole nitrogens is 1. The smallest absolute Gasteiger partial charge is 0.192 e. The van der Waals surface area contributed by atoms with E-state index < -0.39 is 0 Å². The zero-order valence-electron chi connectivity index (χ0n) is 9.42. The SMILES string of the molecule is CC1CCc2c([nH]c3ccccc3c2=O)C1. The molecule has 0 fully saturated rings. The van der Waals surface area contributed by atoms with Crippen molar-refractivity contribution in [3.05, 3.63) is 45.7 Å². The standard InChI is InChI=1S/C14H15NO/c1-9-6-7-11-13(8-9)15-12-5-3-2-4-10(12)14(11)16/h2-5,9H,6-8H2,1H3,(H,15,16). The Morgan fingerprint density at radius 2 is 2.12 bits per heavy atom. The van der Waals surface area contributed by atoms with Crippen LogP contribution in [-0.2, 0) is 12.8 Å². The fourth-order valence-electron chi connectivity index (χ4n) is 2.61. The van der Waals surface area contributed by atoms with Crippen LogP contribution in [0.4, 0.5) is 0 Å². The van der Waals surface area contributed by atoms with E-state index in [9.17, 15) is 4.79 Å². The molecule has 0 saturated carbocycles. The molecule has 2 heteroatoms. The van der Waals surface area contributed by atoms with Crippen molar-refractivity contribution in [2.24, 2.45) is 5.92 Å². The molecule has 1 N–H and O–H groups in total. The van der Waals surface area contributed by atoms with Crippen molar-refractivity contribution in [3.63, 3.8) is 0 Å². The van der Waals surface area contributed by atoms with Gasteiger partial charge in [0.05, 0.1) is 0 Å². The van der Waals surface area contributed by atoms with Gasteiger partial charge in [-0.25, -0.2) is 0 Å². The highest BCUT2D eigenvalue weighted by Gasteiger charge is 2.19. The summed E-state index contributed by atoms with van der Waals surface area (Å²) in [5.74, 6) is 0.685. The molecule has 1 aliphatic rings. The molecule has 1 unspecified atom stereocenters. The minimum atomic E-state index is 0.233. The van der Waals surface area contributed by atoms with Crippen LogP contribution in [0.1, 0.15) is 24.6 Å². The Hall–Kier alpha value is -1.57. The van der Waals surface area contributed by atoms with Crippen molar-refractivity contribution in [1.29, 1.82) is 0 Å². The number of benzene rings is 1. The summed E-state index contributed by atoms with van der Waals surface area (Å²) in [7, 11) is 0. The van der Waals surface area contributed by atoms with Crippen LogP contribution in [0.25, 0.3) is 10.9 Å². The Morgan fingerprint density at radius 3 is 3.00 bits per heavy atom. The highest BCUT2D eigenvalue weighted by atomic mass is 16.1. The van der Waals surface area contributed by atoms with Crippen LogP contribution in [0.3, 0.4) is 0 Å². The fourth-order valence-corrected chi connectivity index (χ4v) is 2.61. The van der Waals surface area contributed by atoms with E-state index in [4.69, 9.17) is 0 Å². The second-order valence-corrected chi connectivity index (χ2v) is 4.80. The number of rotatable bonds is 0. The van der Waals surface area contributed by atoms with E-state index >= 15 is 0 Å². The lowest BCUT2D eigenvalue weighted by Gasteiger charge is -2.21. The van der Waals surface area contributed by atoms with Gasteiger partial charge in [0.2, 0.25) is 0 Å². The van der Waals surface area contributed by atoms with Gasteiger partial charge >= 0.3 is 0 Å². The van der Waals surface area contributed by atoms with E-state index in [0.717, 1.165) is 41.4 Å². The Labute approximate surface area is 94.3 Å². The molecule has 0 saturated heterocycles. The predicted molar refractivity (Wildman–Crippen MR) is 65.8 cm³/mol. The highest BCUT2D eigenvalue weighted by molar-refractivity contribution is 5.79. The third-order valence-corrected chi connectivity index (χ3v) is 3.54. The molecule has 1 aliphatic carbocycles. The summed E-state index contributed by atoms with van der Waals surface area (Å²) >= 11 is 0. The normalized spacial score (nSPS) is 19.7. The van der Waals surface area contributed by atoms with Crippen molar-refractivity contribution in [1.82, 2.24) is 4.98 Å². The fraction of sp³-hybridized carbons (Fsp3) is 0.357. The first-order valence-corrected chi connectivity index (χ1v) is 5.88. The molecule has 1 heterocycles. The predicted octanol–water partition coefficient (Wildman–Crippen LogP) is 2.65. The maximum absolute atomic E-state index is 12.3. The zero-order valence-corrected chi connectivity index (χ0v) is 9.42. The van der Waals surface area contributed by atoms with E-state index in [1.54, 1.807) is 0 Å². The topological polar surface area (TPSA) is 32.9 Å². The van der Waals surface area contributed by atoms with Gasteiger partial charge in [0.25, 0.3) is 0 Å². The van der Waals surface area contributed by atoms with Gasteiger partial charge in [-0.05, 0) is 37.3 Å². The molecule has 0 bridgehead atoms. The second-order valence-electron chi connectivity index (χ2n) is 4.80. The molecule has 1 atom stereocenters. The molecule has 0 spiro atoms. The Balaban J connectivity index is 2.33. The summed E-state index contributed by atoms with van der Waals surface area (Å²) in [6, 6.07) is 7.79. The van der Waals surface area contributed by atoms with Crippen LogP contribution >= 0.6 is 0 Å². The minimum absolute atomic E-state index is 0.233. The molecule has 2 nitrogen and oxygen atoms in total. The number of para-hydroxylation sites is 1. The van der Waals surface area contributed by atoms with Crippen molar-refractivity contribution in [3.8, 4) is 0 Å². The number of nitrogens with one attached hydrogen (secondary N) is 1. The van der Waals surface area contributed by atoms with E-state index in [1.807, 2.05) is 24.3 Å². The van der Waals surface area contributed by atoms with Gasteiger partial charge in [0.1, 0.15) is 0 Å². The average molecular weight is 213 g/mol. The van der Waals surface area contributed by atoms with E-state index in [-0.39, 0.29) is 5.43 Å². The van der Waals surface area contributed by atoms with E-state index in [2.05, 4.69) is 11.9 Å². The first kappa shape index (κ1) is 9.64. The second kappa shape index (κ2) is 3.48. The lowest BCUT2D eigenvalue weighted by atomic mass is 9.87. The van der Waals surface area contributed by atoms with E-state index in [1.165, 1.54) is 0 Å². The molecule has 0 amide bonds. The largest absolute Gasteiger partial charge is 0.358 e. The van der Waals surface area contributed by atoms with Crippen molar-refractivity contribution in [2.75, 3.05) is 0 Å². The quantitative estimate of drug-likeness (QED) is 0.717. The average Bonchev–Trinajstić information content (AvgIpc) is 2.29. The van der Waals surface area contributed by atoms with Crippen LogP contribution in [0.15, 0.2) is 29.1 Å². The molecular formula is C14H15NO. The zero-order chi connectivity index (χ0) is 11.1. The first-order chi connectivity index (χ1) is 7.75. The van der Waals surface area contributed by atoms with Gasteiger partial charge in [-0.3, -0.25) is 4.79 Å². The number of hydrogen-bond acceptors (Lipinski definition) is 1. The van der Waals surface area contributed by atoms with Crippen molar-refractivity contribution in [2.45, 2.75) is 26.2 Å². The van der Waals surface area contributed by atoms with Gasteiger partial charge in [-0.1, -0.05) is 19.1 Å². The number of aromatic amines is 1. The summed E-state index contributed by atoms with van der Waals surface area (Å²) in [6.07, 6.45) is 3.07. The molecule has 0 aliphatic heterocycles. The summed E-state index contributed by atoms with van der Waals surface area (Å²) < 4.78 is 0. The highest BCUT2D eigenvalue weighted by Crippen LogP contribution is 2.23. The molecule has 2 aromatic rings. The van der Waals surface area contributed by atoms with Gasteiger partial charge in [0.15, 0.2) is 5.43 Å². The number of fused-ring (bicyclic) bond motifs is 2. The molecule has 3 rings (SSSR count).